The van der Waals surface area contributed by atoms with Gasteiger partial charge in [-0.1, -0.05) is 6.08 Å². The summed E-state index contributed by atoms with van der Waals surface area (Å²) >= 11 is 0. The molecule has 1 N–H and O–H groups in total. The lowest BCUT2D eigenvalue weighted by Gasteiger charge is -2.14. The van der Waals surface area contributed by atoms with Crippen molar-refractivity contribution in [2.75, 3.05) is 11.9 Å². The highest BCUT2D eigenvalue weighted by atomic mass is 16.5. The Morgan fingerprint density at radius 1 is 1.03 bits per heavy atom. The van der Waals surface area contributed by atoms with Gasteiger partial charge < -0.3 is 10.1 Å². The molecule has 0 aliphatic carbocycles. The number of ether oxygens (including phenoxy) is 1. The normalized spacial score (nSPS) is 13.4. The molecule has 8 nitrogen and oxygen atoms in total. The molecule has 1 aliphatic heterocycles. The van der Waals surface area contributed by atoms with Crippen LogP contribution in [0.2, 0.25) is 0 Å². The van der Waals surface area contributed by atoms with Crippen molar-refractivity contribution < 1.29 is 28.7 Å². The summed E-state index contributed by atoms with van der Waals surface area (Å²) in [6.07, 6.45) is 0.313. The van der Waals surface area contributed by atoms with Crippen LogP contribution in [0.5, 0.6) is 0 Å². The van der Waals surface area contributed by atoms with Crippen molar-refractivity contribution in [2.24, 2.45) is 0 Å². The van der Waals surface area contributed by atoms with Crippen LogP contribution in [0, 0.1) is 0 Å². The summed E-state index contributed by atoms with van der Waals surface area (Å²) in [5.41, 5.74) is 1.30. The van der Waals surface area contributed by atoms with E-state index in [1.807, 2.05) is 0 Å². The lowest BCUT2D eigenvalue weighted by molar-refractivity contribution is -0.123. The van der Waals surface area contributed by atoms with Crippen LogP contribution in [-0.4, -0.2) is 47.0 Å². The number of amides is 3. The van der Waals surface area contributed by atoms with Crippen molar-refractivity contribution >= 4 is 35.2 Å². The molecule has 1 heterocycles. The molecule has 1 atom stereocenters. The summed E-state index contributed by atoms with van der Waals surface area (Å²) in [5.74, 6) is -2.44. The van der Waals surface area contributed by atoms with E-state index >= 15 is 0 Å². The molecule has 0 saturated carbocycles. The molecule has 1 aliphatic rings. The number of fused-ring (bicyclic) bond motifs is 1. The van der Waals surface area contributed by atoms with E-state index in [9.17, 15) is 24.0 Å². The van der Waals surface area contributed by atoms with E-state index in [2.05, 4.69) is 11.9 Å². The predicted octanol–water partition coefficient (Wildman–Crippen LogP) is 2.86. The SMILES string of the molecule is C=CCN1C(=O)c2ccc(C(=O)O[C@H](C)C(=O)Nc3ccc(C(C)=O)cc3)cc2C1=O. The summed E-state index contributed by atoms with van der Waals surface area (Å²) in [6, 6.07) is 10.3. The van der Waals surface area contributed by atoms with Gasteiger partial charge in [0.2, 0.25) is 0 Å². The molecule has 2 aromatic rings. The van der Waals surface area contributed by atoms with E-state index in [0.717, 1.165) is 4.90 Å². The second-order valence-corrected chi connectivity index (χ2v) is 6.94. The Morgan fingerprint density at radius 2 is 1.65 bits per heavy atom. The van der Waals surface area contributed by atoms with Crippen molar-refractivity contribution in [2.45, 2.75) is 20.0 Å². The monoisotopic (exact) mass is 420 g/mol. The van der Waals surface area contributed by atoms with Gasteiger partial charge in [-0.3, -0.25) is 24.1 Å². The number of anilines is 1. The fraction of sp³-hybridized carbons (Fsp3) is 0.174. The van der Waals surface area contributed by atoms with Gasteiger partial charge in [0.05, 0.1) is 16.7 Å². The van der Waals surface area contributed by atoms with Crippen LogP contribution in [0.1, 0.15) is 55.3 Å². The molecule has 3 amide bonds. The van der Waals surface area contributed by atoms with Gasteiger partial charge in [0.25, 0.3) is 17.7 Å². The molecule has 31 heavy (non-hydrogen) atoms. The van der Waals surface area contributed by atoms with Gasteiger partial charge in [-0.2, -0.15) is 0 Å². The van der Waals surface area contributed by atoms with Crippen LogP contribution < -0.4 is 5.32 Å². The number of hydrogen-bond donors (Lipinski definition) is 1. The van der Waals surface area contributed by atoms with Gasteiger partial charge in [0, 0.05) is 17.8 Å². The lowest BCUT2D eigenvalue weighted by atomic mass is 10.1. The molecule has 0 radical (unpaired) electrons. The average molecular weight is 420 g/mol. The fourth-order valence-electron chi connectivity index (χ4n) is 3.03. The number of nitrogens with zero attached hydrogens (tertiary/aromatic N) is 1. The van der Waals surface area contributed by atoms with E-state index in [1.54, 1.807) is 24.3 Å². The second kappa shape index (κ2) is 8.74. The maximum atomic E-state index is 12.5. The summed E-state index contributed by atoms with van der Waals surface area (Å²) in [5, 5.41) is 2.60. The number of rotatable bonds is 7. The first kappa shape index (κ1) is 21.6. The summed E-state index contributed by atoms with van der Waals surface area (Å²) < 4.78 is 5.20. The smallest absolute Gasteiger partial charge is 0.338 e. The minimum Gasteiger partial charge on any atom is -0.449 e. The van der Waals surface area contributed by atoms with Crippen molar-refractivity contribution in [3.63, 3.8) is 0 Å². The topological polar surface area (TPSA) is 110 Å². The predicted molar refractivity (Wildman–Crippen MR) is 112 cm³/mol. The third-order valence-corrected chi connectivity index (χ3v) is 4.73. The van der Waals surface area contributed by atoms with Gasteiger partial charge in [-0.25, -0.2) is 4.79 Å². The van der Waals surface area contributed by atoms with Crippen LogP contribution in [0.3, 0.4) is 0 Å². The number of hydrogen-bond acceptors (Lipinski definition) is 6. The minimum absolute atomic E-state index is 0.0471. The number of nitrogens with one attached hydrogen (secondary N) is 1. The van der Waals surface area contributed by atoms with E-state index < -0.39 is 29.8 Å². The standard InChI is InChI=1S/C23H20N2O6/c1-4-11-25-21(28)18-10-7-16(12-19(18)22(25)29)23(30)31-14(3)20(27)24-17-8-5-15(6-9-17)13(2)26/h4-10,12,14H,1,11H2,2-3H3,(H,24,27)/t14-/m1/s1. The number of carbonyl (C=O) groups is 5. The second-order valence-electron chi connectivity index (χ2n) is 6.94. The van der Waals surface area contributed by atoms with Crippen molar-refractivity contribution in [1.82, 2.24) is 4.90 Å². The molecule has 0 unspecified atom stereocenters. The third kappa shape index (κ3) is 4.42. The number of benzene rings is 2. The largest absolute Gasteiger partial charge is 0.449 e. The van der Waals surface area contributed by atoms with E-state index in [-0.39, 0.29) is 29.0 Å². The Labute approximate surface area is 178 Å². The van der Waals surface area contributed by atoms with E-state index in [1.165, 1.54) is 38.1 Å². The maximum Gasteiger partial charge on any atom is 0.338 e. The van der Waals surface area contributed by atoms with Crippen molar-refractivity contribution in [3.05, 3.63) is 77.4 Å². The van der Waals surface area contributed by atoms with Gasteiger partial charge >= 0.3 is 5.97 Å². The zero-order chi connectivity index (χ0) is 22.7. The number of Topliss-reactive ketones (excluding diaryl/α,β-unsaturated/α-hetero) is 1. The molecule has 0 saturated heterocycles. The highest BCUT2D eigenvalue weighted by Gasteiger charge is 2.35. The summed E-state index contributed by atoms with van der Waals surface area (Å²) in [7, 11) is 0. The molecule has 0 aromatic heterocycles. The Hall–Kier alpha value is -4.07. The van der Waals surface area contributed by atoms with Crippen LogP contribution >= 0.6 is 0 Å². The van der Waals surface area contributed by atoms with E-state index in [0.29, 0.717) is 11.3 Å². The molecule has 8 heteroatoms. The van der Waals surface area contributed by atoms with Gasteiger partial charge in [-0.05, 0) is 56.3 Å². The Bertz CT molecular complexity index is 1100. The molecule has 0 fully saturated rings. The van der Waals surface area contributed by atoms with Crippen LogP contribution in [0.15, 0.2) is 55.1 Å². The zero-order valence-corrected chi connectivity index (χ0v) is 17.0. The van der Waals surface area contributed by atoms with Crippen molar-refractivity contribution in [1.29, 1.82) is 0 Å². The summed E-state index contributed by atoms with van der Waals surface area (Å²) in [6.45, 7) is 6.43. The molecule has 0 bridgehead atoms. The third-order valence-electron chi connectivity index (χ3n) is 4.73. The van der Waals surface area contributed by atoms with Crippen molar-refractivity contribution in [3.8, 4) is 0 Å². The molecular formula is C23H20N2O6. The molecule has 158 valence electrons. The van der Waals surface area contributed by atoms with Crippen LogP contribution in [-0.2, 0) is 9.53 Å². The maximum absolute atomic E-state index is 12.5. The van der Waals surface area contributed by atoms with Gasteiger partial charge in [0.1, 0.15) is 0 Å². The fourth-order valence-corrected chi connectivity index (χ4v) is 3.03. The molecule has 0 spiro atoms. The minimum atomic E-state index is -1.12. The van der Waals surface area contributed by atoms with Gasteiger partial charge in [0.15, 0.2) is 11.9 Å². The first-order valence-electron chi connectivity index (χ1n) is 9.47. The quantitative estimate of drug-likeness (QED) is 0.319. The van der Waals surface area contributed by atoms with Crippen LogP contribution in [0.4, 0.5) is 5.69 Å². The Balaban J connectivity index is 1.67. The molecule has 2 aromatic carbocycles. The van der Waals surface area contributed by atoms with E-state index in [4.69, 9.17) is 4.74 Å². The average Bonchev–Trinajstić information content (AvgIpc) is 2.98. The first-order valence-corrected chi connectivity index (χ1v) is 9.47. The number of esters is 1. The van der Waals surface area contributed by atoms with Crippen LogP contribution in [0.25, 0.3) is 0 Å². The molecular weight excluding hydrogens is 400 g/mol. The first-order chi connectivity index (χ1) is 14.7. The zero-order valence-electron chi connectivity index (χ0n) is 17.0. The Morgan fingerprint density at radius 3 is 2.26 bits per heavy atom. The number of ketones is 1. The molecule has 3 rings (SSSR count). The Kier molecular flexibility index (Phi) is 6.10. The van der Waals surface area contributed by atoms with Gasteiger partial charge in [-0.15, -0.1) is 6.58 Å². The number of imide groups is 1. The highest BCUT2D eigenvalue weighted by Crippen LogP contribution is 2.24. The lowest BCUT2D eigenvalue weighted by Crippen LogP contribution is -2.30. The highest BCUT2D eigenvalue weighted by molar-refractivity contribution is 6.22. The number of carbonyl (C=O) groups excluding carboxylic acids is 5. The summed E-state index contributed by atoms with van der Waals surface area (Å²) in [4.78, 5) is 61.8.